The zero-order valence-corrected chi connectivity index (χ0v) is 19.7. The number of hydrogen-bond donors (Lipinski definition) is 2. The van der Waals surface area contributed by atoms with Gasteiger partial charge in [0.05, 0.1) is 0 Å². The fraction of sp³-hybridized carbons (Fsp3) is 1.00. The average molecular weight is 411 g/mol. The van der Waals surface area contributed by atoms with Crippen LogP contribution in [0.25, 0.3) is 0 Å². The van der Waals surface area contributed by atoms with E-state index < -0.39 is 16.6 Å². The molecule has 2 N–H and O–H groups in total. The molecule has 5 heteroatoms. The summed E-state index contributed by atoms with van der Waals surface area (Å²) in [7, 11) is -3.78. The summed E-state index contributed by atoms with van der Waals surface area (Å²) >= 11 is -0.182. The summed E-state index contributed by atoms with van der Waals surface area (Å²) in [4.78, 5) is 18.9. The van der Waals surface area contributed by atoms with Gasteiger partial charge in [0.15, 0.2) is 16.6 Å². The normalized spacial score (nSPS) is 13.9. The van der Waals surface area contributed by atoms with Crippen LogP contribution < -0.4 is 0 Å². The van der Waals surface area contributed by atoms with Gasteiger partial charge in [-0.15, -0.1) is 0 Å². The smallest absolute Gasteiger partial charge is 0.182 e. The zero-order valence-electron chi connectivity index (χ0n) is 14.8. The third-order valence-electron chi connectivity index (χ3n) is 2.10. The summed E-state index contributed by atoms with van der Waals surface area (Å²) in [6, 6.07) is 1.67. The van der Waals surface area contributed by atoms with Crippen molar-refractivity contribution in [2.75, 3.05) is 0 Å². The second kappa shape index (κ2) is 7.96. The Bertz CT molecular complexity index is 216. The van der Waals surface area contributed by atoms with Gasteiger partial charge in [0.2, 0.25) is 0 Å². The Morgan fingerprint density at radius 2 is 0.895 bits per heavy atom. The Morgan fingerprint density at radius 3 is 0.947 bits per heavy atom. The molecule has 0 aliphatic carbocycles. The van der Waals surface area contributed by atoms with Crippen molar-refractivity contribution < 1.29 is 9.59 Å². The molecule has 0 heterocycles. The van der Waals surface area contributed by atoms with Crippen LogP contribution in [0, 0.1) is 0 Å². The number of rotatable bonds is 3. The molecule has 0 atom stereocenters. The Balaban J connectivity index is 0. The maximum absolute atomic E-state index is 9.43. The van der Waals surface area contributed by atoms with Crippen LogP contribution in [0.4, 0.5) is 0 Å². The van der Waals surface area contributed by atoms with E-state index in [9.17, 15) is 9.59 Å². The molecule has 0 aliphatic heterocycles. The molecule has 0 spiro atoms. The minimum atomic E-state index is -1.89. The van der Waals surface area contributed by atoms with Gasteiger partial charge in [-0.1, -0.05) is 0 Å². The van der Waals surface area contributed by atoms with Crippen molar-refractivity contribution in [2.45, 2.75) is 86.7 Å². The standard InChI is InChI=1S/C6H18O2Si2.2C4H9.Sn/c1-9(2,7)5-6-10(3,4)8;2*1-4(2)3;/h7-8H,5-6H2,1-4H3;2*1-3H3;. The first-order valence-corrected chi connectivity index (χ1v) is 16.3. The van der Waals surface area contributed by atoms with Gasteiger partial charge in [-0.3, -0.25) is 0 Å². The van der Waals surface area contributed by atoms with Crippen LogP contribution >= 0.6 is 0 Å². The van der Waals surface area contributed by atoms with Gasteiger partial charge < -0.3 is 9.59 Å². The monoisotopic (exact) mass is 412 g/mol. The third-order valence-corrected chi connectivity index (χ3v) is 9.83. The molecule has 2 radical (unpaired) electrons. The molecule has 0 bridgehead atoms. The summed E-state index contributed by atoms with van der Waals surface area (Å²) < 4.78 is 1.31. The summed E-state index contributed by atoms with van der Waals surface area (Å²) in [5.74, 6) is 0. The fourth-order valence-corrected chi connectivity index (χ4v) is 13.1. The fourth-order valence-electron chi connectivity index (χ4n) is 1.74. The van der Waals surface area contributed by atoms with Gasteiger partial charge >= 0.3 is 69.5 Å². The topological polar surface area (TPSA) is 40.5 Å². The maximum atomic E-state index is 9.43. The Hall–Kier alpha value is 1.15. The third kappa shape index (κ3) is 28.1. The molecule has 116 valence electrons. The van der Waals surface area contributed by atoms with E-state index in [1.165, 1.54) is 0 Å². The summed E-state index contributed by atoms with van der Waals surface area (Å²) in [5, 5.41) is 0. The van der Waals surface area contributed by atoms with Crippen LogP contribution in [0.1, 0.15) is 41.5 Å². The van der Waals surface area contributed by atoms with Crippen molar-refractivity contribution >= 4 is 37.8 Å². The molecular formula is C14H36O2Si2Sn. The van der Waals surface area contributed by atoms with E-state index in [1.54, 1.807) is 0 Å². The minimum Gasteiger partial charge on any atom is -0.432 e. The van der Waals surface area contributed by atoms with Crippen molar-refractivity contribution in [3.8, 4) is 0 Å². The van der Waals surface area contributed by atoms with E-state index in [1.807, 2.05) is 26.2 Å². The molecule has 0 unspecified atom stereocenters. The Labute approximate surface area is 133 Å². The first-order valence-electron chi connectivity index (χ1n) is 7.15. The van der Waals surface area contributed by atoms with Gasteiger partial charge in [-0.05, 0) is 38.3 Å². The van der Waals surface area contributed by atoms with Crippen molar-refractivity contribution in [1.29, 1.82) is 0 Å². The van der Waals surface area contributed by atoms with E-state index in [-0.39, 0.29) is 21.1 Å². The maximum Gasteiger partial charge on any atom is 0.182 e. The largest absolute Gasteiger partial charge is 0.432 e. The van der Waals surface area contributed by atoms with Crippen LogP contribution in [0.2, 0.25) is 45.1 Å². The van der Waals surface area contributed by atoms with E-state index in [0.29, 0.717) is 6.86 Å². The molecule has 0 saturated carbocycles. The Kier molecular flexibility index (Phi) is 9.40. The van der Waals surface area contributed by atoms with E-state index in [2.05, 4.69) is 41.5 Å². The molecule has 0 amide bonds. The SMILES string of the molecule is C[C](C)(C)[Sn][C](C)(C)C.C[Si](C)(O)CC[Si](C)(C)O. The minimum absolute atomic E-state index is 0.182. The van der Waals surface area contributed by atoms with Gasteiger partial charge in [-0.25, -0.2) is 0 Å². The molecular weight excluding hydrogens is 375 g/mol. The quantitative estimate of drug-likeness (QED) is 0.671. The summed E-state index contributed by atoms with van der Waals surface area (Å²) in [6.07, 6.45) is 0. The summed E-state index contributed by atoms with van der Waals surface area (Å²) in [5.41, 5.74) is 0. The second-order valence-corrected chi connectivity index (χ2v) is 26.3. The molecule has 0 aliphatic rings. The molecule has 0 fully saturated rings. The summed E-state index contributed by atoms with van der Waals surface area (Å²) in [6.45, 7) is 21.8. The van der Waals surface area contributed by atoms with Crippen molar-refractivity contribution in [3.63, 3.8) is 0 Å². The van der Waals surface area contributed by atoms with Crippen LogP contribution in [-0.2, 0) is 0 Å². The first-order chi connectivity index (χ1) is 7.91. The molecule has 2 nitrogen and oxygen atoms in total. The van der Waals surface area contributed by atoms with Crippen LogP contribution in [-0.4, -0.2) is 47.4 Å². The molecule has 0 aromatic heterocycles. The molecule has 0 aromatic rings. The van der Waals surface area contributed by atoms with Gasteiger partial charge in [0.1, 0.15) is 0 Å². The van der Waals surface area contributed by atoms with Crippen LogP contribution in [0.3, 0.4) is 0 Å². The predicted molar refractivity (Wildman–Crippen MR) is 94.2 cm³/mol. The van der Waals surface area contributed by atoms with Gasteiger partial charge in [0, 0.05) is 0 Å². The van der Waals surface area contributed by atoms with Crippen LogP contribution in [0.15, 0.2) is 0 Å². The molecule has 19 heavy (non-hydrogen) atoms. The first kappa shape index (κ1) is 22.4. The van der Waals surface area contributed by atoms with Crippen molar-refractivity contribution in [2.24, 2.45) is 0 Å². The van der Waals surface area contributed by atoms with E-state index in [4.69, 9.17) is 0 Å². The van der Waals surface area contributed by atoms with E-state index >= 15 is 0 Å². The zero-order chi connectivity index (χ0) is 16.1. The predicted octanol–water partition coefficient (Wildman–Crippen LogP) is 4.51. The van der Waals surface area contributed by atoms with Crippen LogP contribution in [0.5, 0.6) is 0 Å². The molecule has 0 aromatic carbocycles. The van der Waals surface area contributed by atoms with Gasteiger partial charge in [-0.2, -0.15) is 0 Å². The number of hydrogen-bond acceptors (Lipinski definition) is 2. The second-order valence-electron chi connectivity index (χ2n) is 8.75. The average Bonchev–Trinajstić information content (AvgIpc) is 1.91. The Morgan fingerprint density at radius 1 is 0.684 bits per heavy atom. The molecule has 0 saturated heterocycles. The van der Waals surface area contributed by atoms with Crippen molar-refractivity contribution in [1.82, 2.24) is 0 Å². The van der Waals surface area contributed by atoms with E-state index in [0.717, 1.165) is 12.1 Å². The van der Waals surface area contributed by atoms with Crippen molar-refractivity contribution in [3.05, 3.63) is 0 Å². The molecule has 0 rings (SSSR count). The van der Waals surface area contributed by atoms with Gasteiger partial charge in [0.25, 0.3) is 0 Å².